The molecule has 1 atom stereocenters. The van der Waals surface area contributed by atoms with Crippen LogP contribution in [0.25, 0.3) is 0 Å². The molecular formula is C21H23N3O6. The molecule has 158 valence electrons. The van der Waals surface area contributed by atoms with E-state index in [4.69, 9.17) is 19.3 Å². The monoisotopic (exact) mass is 413 g/mol. The van der Waals surface area contributed by atoms with E-state index in [-0.39, 0.29) is 25.2 Å². The first-order chi connectivity index (χ1) is 14.6. The first-order valence-electron chi connectivity index (χ1n) is 9.75. The second-order valence-electron chi connectivity index (χ2n) is 7.09. The largest absolute Gasteiger partial charge is 0.497 e. The van der Waals surface area contributed by atoms with Gasteiger partial charge in [0.2, 0.25) is 0 Å². The van der Waals surface area contributed by atoms with Gasteiger partial charge in [0.15, 0.2) is 18.2 Å². The highest BCUT2D eigenvalue weighted by Gasteiger charge is 2.35. The van der Waals surface area contributed by atoms with Gasteiger partial charge >= 0.3 is 6.09 Å². The van der Waals surface area contributed by atoms with Crippen LogP contribution in [-0.2, 0) is 16.1 Å². The highest BCUT2D eigenvalue weighted by atomic mass is 16.6. The maximum Gasteiger partial charge on any atom is 0.415 e. The van der Waals surface area contributed by atoms with Crippen molar-refractivity contribution in [3.8, 4) is 11.5 Å². The number of carbonyl (C=O) groups excluding carboxylic acids is 2. The minimum atomic E-state index is -0.491. The zero-order chi connectivity index (χ0) is 21.1. The maximum atomic E-state index is 12.6. The predicted molar refractivity (Wildman–Crippen MR) is 108 cm³/mol. The quantitative estimate of drug-likeness (QED) is 0.742. The highest BCUT2D eigenvalue weighted by molar-refractivity contribution is 5.97. The van der Waals surface area contributed by atoms with Crippen molar-refractivity contribution in [2.24, 2.45) is 0 Å². The van der Waals surface area contributed by atoms with Gasteiger partial charge in [0.1, 0.15) is 17.7 Å². The van der Waals surface area contributed by atoms with E-state index in [9.17, 15) is 9.59 Å². The number of benzene rings is 1. The maximum absolute atomic E-state index is 12.6. The summed E-state index contributed by atoms with van der Waals surface area (Å²) in [4.78, 5) is 32.4. The summed E-state index contributed by atoms with van der Waals surface area (Å²) in [6.45, 7) is 0.640. The lowest BCUT2D eigenvalue weighted by atomic mass is 10.2. The van der Waals surface area contributed by atoms with E-state index < -0.39 is 6.09 Å². The molecule has 0 radical (unpaired) electrons. The number of nitrogens with zero attached hydrogens (tertiary/aromatic N) is 3. The number of methoxy groups -OCH3 is 1. The van der Waals surface area contributed by atoms with Gasteiger partial charge in [-0.2, -0.15) is 0 Å². The number of cyclic esters (lactones) is 1. The van der Waals surface area contributed by atoms with Crippen LogP contribution in [0.5, 0.6) is 11.5 Å². The van der Waals surface area contributed by atoms with Gasteiger partial charge in [-0.1, -0.05) is 12.1 Å². The number of carbonyl (C=O) groups is 2. The fourth-order valence-electron chi connectivity index (χ4n) is 3.47. The van der Waals surface area contributed by atoms with Crippen LogP contribution in [0.4, 0.5) is 16.4 Å². The minimum absolute atomic E-state index is 0.0465. The second-order valence-corrected chi connectivity index (χ2v) is 7.09. The van der Waals surface area contributed by atoms with Crippen LogP contribution < -0.4 is 19.3 Å². The molecule has 9 heteroatoms. The average Bonchev–Trinajstić information content (AvgIpc) is 3.15. The lowest BCUT2D eigenvalue weighted by Crippen LogP contribution is -2.39. The third-order valence-electron chi connectivity index (χ3n) is 5.07. The van der Waals surface area contributed by atoms with Crippen LogP contribution in [0.1, 0.15) is 18.4 Å². The Balaban J connectivity index is 1.57. The van der Waals surface area contributed by atoms with Crippen LogP contribution in [0.3, 0.4) is 0 Å². The van der Waals surface area contributed by atoms with Gasteiger partial charge in [-0.3, -0.25) is 14.6 Å². The predicted octanol–water partition coefficient (Wildman–Crippen LogP) is 2.11. The molecule has 4 rings (SSSR count). The molecule has 1 aromatic carbocycles. The SMILES string of the molecule is COc1ccc(CN2C(=O)COc3ccc(N4C[C@@H](CCCO)OC4=O)nc32)cc1. The van der Waals surface area contributed by atoms with Crippen molar-refractivity contribution in [1.82, 2.24) is 4.98 Å². The second kappa shape index (κ2) is 8.58. The molecule has 0 aliphatic carbocycles. The topological polar surface area (TPSA) is 101 Å². The lowest BCUT2D eigenvalue weighted by molar-refractivity contribution is -0.121. The molecule has 30 heavy (non-hydrogen) atoms. The molecule has 2 aliphatic heterocycles. The molecule has 1 aromatic heterocycles. The number of hydrogen-bond donors (Lipinski definition) is 1. The standard InChI is InChI=1S/C21H23N3O6/c1-28-15-6-4-14(5-7-15)11-24-19(26)13-29-17-8-9-18(22-20(17)24)23-12-16(3-2-10-25)30-21(23)27/h4-9,16,25H,2-3,10-13H2,1H3/t16-/m1/s1. The molecule has 1 fully saturated rings. The summed E-state index contributed by atoms with van der Waals surface area (Å²) in [7, 11) is 1.60. The third kappa shape index (κ3) is 4.02. The van der Waals surface area contributed by atoms with Crippen molar-refractivity contribution in [3.05, 3.63) is 42.0 Å². The summed E-state index contributed by atoms with van der Waals surface area (Å²) in [6, 6.07) is 10.8. The van der Waals surface area contributed by atoms with Gasteiger partial charge in [0.05, 0.1) is 20.2 Å². The average molecular weight is 413 g/mol. The highest BCUT2D eigenvalue weighted by Crippen LogP contribution is 2.34. The van der Waals surface area contributed by atoms with Crippen molar-refractivity contribution in [1.29, 1.82) is 0 Å². The van der Waals surface area contributed by atoms with E-state index in [1.165, 1.54) is 4.90 Å². The Bertz CT molecular complexity index is 933. The number of hydrogen-bond acceptors (Lipinski definition) is 7. The van der Waals surface area contributed by atoms with Gasteiger partial charge in [0, 0.05) is 6.61 Å². The summed E-state index contributed by atoms with van der Waals surface area (Å²) in [5, 5.41) is 8.99. The molecule has 2 aliphatic rings. The number of aromatic nitrogens is 1. The van der Waals surface area contributed by atoms with Crippen LogP contribution >= 0.6 is 0 Å². The van der Waals surface area contributed by atoms with Crippen molar-refractivity contribution < 1.29 is 28.9 Å². The van der Waals surface area contributed by atoms with E-state index >= 15 is 0 Å². The third-order valence-corrected chi connectivity index (χ3v) is 5.07. The van der Waals surface area contributed by atoms with Gasteiger partial charge in [-0.05, 0) is 42.7 Å². The van der Waals surface area contributed by atoms with E-state index in [0.717, 1.165) is 11.3 Å². The lowest BCUT2D eigenvalue weighted by Gasteiger charge is -2.29. The van der Waals surface area contributed by atoms with E-state index in [2.05, 4.69) is 4.98 Å². The smallest absolute Gasteiger partial charge is 0.415 e. The van der Waals surface area contributed by atoms with Crippen LogP contribution in [0.2, 0.25) is 0 Å². The fraction of sp³-hybridized carbons (Fsp3) is 0.381. The normalized spacial score (nSPS) is 18.1. The van der Waals surface area contributed by atoms with Crippen LogP contribution in [0.15, 0.2) is 36.4 Å². The van der Waals surface area contributed by atoms with Crippen LogP contribution in [0, 0.1) is 0 Å². The number of rotatable bonds is 7. The summed E-state index contributed by atoms with van der Waals surface area (Å²) in [6.07, 6.45) is 0.349. The number of aliphatic hydroxyl groups excluding tert-OH is 1. The Morgan fingerprint density at radius 3 is 2.73 bits per heavy atom. The number of ether oxygens (including phenoxy) is 3. The Morgan fingerprint density at radius 2 is 2.00 bits per heavy atom. The molecule has 9 nitrogen and oxygen atoms in total. The number of anilines is 2. The van der Waals surface area contributed by atoms with Crippen molar-refractivity contribution in [2.75, 3.05) is 36.7 Å². The van der Waals surface area contributed by atoms with Crippen LogP contribution in [-0.4, -0.2) is 55.1 Å². The van der Waals surface area contributed by atoms with Crippen molar-refractivity contribution >= 4 is 23.6 Å². The summed E-state index contributed by atoms with van der Waals surface area (Å²) in [5.41, 5.74) is 0.911. The van der Waals surface area contributed by atoms with Gasteiger partial charge in [0.25, 0.3) is 5.91 Å². The Hall–Kier alpha value is -3.33. The number of aliphatic hydroxyl groups is 1. The molecule has 1 saturated heterocycles. The molecule has 0 unspecified atom stereocenters. The zero-order valence-electron chi connectivity index (χ0n) is 16.6. The number of pyridine rings is 1. The first kappa shape index (κ1) is 20.0. The molecule has 2 aromatic rings. The van der Waals surface area contributed by atoms with Crippen molar-refractivity contribution in [3.63, 3.8) is 0 Å². The molecule has 0 bridgehead atoms. The molecule has 0 saturated carbocycles. The summed E-state index contributed by atoms with van der Waals surface area (Å²) < 4.78 is 16.1. The first-order valence-corrected chi connectivity index (χ1v) is 9.75. The molecule has 1 N–H and O–H groups in total. The molecule has 0 spiro atoms. The Kier molecular flexibility index (Phi) is 5.71. The van der Waals surface area contributed by atoms with Crippen molar-refractivity contribution in [2.45, 2.75) is 25.5 Å². The molecule has 3 heterocycles. The number of amides is 2. The Morgan fingerprint density at radius 1 is 1.20 bits per heavy atom. The zero-order valence-corrected chi connectivity index (χ0v) is 16.6. The van der Waals surface area contributed by atoms with E-state index in [0.29, 0.717) is 43.3 Å². The minimum Gasteiger partial charge on any atom is -0.497 e. The van der Waals surface area contributed by atoms with E-state index in [1.807, 2.05) is 24.3 Å². The Labute approximate surface area is 173 Å². The molecule has 2 amide bonds. The van der Waals surface area contributed by atoms with Gasteiger partial charge in [-0.25, -0.2) is 9.78 Å². The summed E-state index contributed by atoms with van der Waals surface area (Å²) >= 11 is 0. The number of fused-ring (bicyclic) bond motifs is 1. The van der Waals surface area contributed by atoms with Gasteiger partial charge in [-0.15, -0.1) is 0 Å². The molecular weight excluding hydrogens is 390 g/mol. The summed E-state index contributed by atoms with van der Waals surface area (Å²) in [5.74, 6) is 1.76. The fourth-order valence-corrected chi connectivity index (χ4v) is 3.47. The van der Waals surface area contributed by atoms with Gasteiger partial charge < -0.3 is 19.3 Å². The van der Waals surface area contributed by atoms with E-state index in [1.54, 1.807) is 24.1 Å².